The summed E-state index contributed by atoms with van der Waals surface area (Å²) in [7, 11) is 0. The number of nitrogens with one attached hydrogen (secondary N) is 1. The number of nitrogens with zero attached hydrogens (tertiary/aromatic N) is 1. The number of pyridine rings is 1. The molecule has 18 heavy (non-hydrogen) atoms. The van der Waals surface area contributed by atoms with E-state index in [0.29, 0.717) is 5.15 Å². The lowest BCUT2D eigenvalue weighted by atomic mass is 10.1. The Bertz CT molecular complexity index is 485. The molecule has 0 radical (unpaired) electrons. The van der Waals surface area contributed by atoms with Gasteiger partial charge in [-0.15, -0.1) is 0 Å². The standard InChI is InChI=1S/C15H17ClN2/c1-12(14-8-5-10-18-15(14)16)17-11-9-13-6-3-2-4-7-13/h2-8,10,12,17H,9,11H2,1H3/t12-/m0/s1. The molecular weight excluding hydrogens is 244 g/mol. The lowest BCUT2D eigenvalue weighted by Crippen LogP contribution is -2.21. The Morgan fingerprint density at radius 2 is 1.94 bits per heavy atom. The van der Waals surface area contributed by atoms with Gasteiger partial charge in [-0.2, -0.15) is 0 Å². The van der Waals surface area contributed by atoms with Crippen molar-refractivity contribution in [3.8, 4) is 0 Å². The first-order valence-electron chi connectivity index (χ1n) is 6.15. The van der Waals surface area contributed by atoms with Gasteiger partial charge in [-0.3, -0.25) is 0 Å². The first-order chi connectivity index (χ1) is 8.77. The van der Waals surface area contributed by atoms with Gasteiger partial charge in [0.15, 0.2) is 0 Å². The van der Waals surface area contributed by atoms with Crippen molar-refractivity contribution in [3.05, 3.63) is 64.9 Å². The van der Waals surface area contributed by atoms with Crippen molar-refractivity contribution in [2.75, 3.05) is 6.54 Å². The molecule has 1 heterocycles. The summed E-state index contributed by atoms with van der Waals surface area (Å²) < 4.78 is 0. The van der Waals surface area contributed by atoms with Crippen LogP contribution in [0.4, 0.5) is 0 Å². The predicted octanol–water partition coefficient (Wildman–Crippen LogP) is 3.63. The highest BCUT2D eigenvalue weighted by Crippen LogP contribution is 2.19. The molecule has 0 amide bonds. The summed E-state index contributed by atoms with van der Waals surface area (Å²) in [6.45, 7) is 3.03. The minimum Gasteiger partial charge on any atom is -0.310 e. The highest BCUT2D eigenvalue weighted by molar-refractivity contribution is 6.30. The van der Waals surface area contributed by atoms with E-state index in [-0.39, 0.29) is 6.04 Å². The van der Waals surface area contributed by atoms with Crippen molar-refractivity contribution < 1.29 is 0 Å². The molecule has 0 aliphatic rings. The van der Waals surface area contributed by atoms with Gasteiger partial charge < -0.3 is 5.32 Å². The van der Waals surface area contributed by atoms with Gasteiger partial charge in [0.2, 0.25) is 0 Å². The third-order valence-electron chi connectivity index (χ3n) is 2.96. The second kappa shape index (κ2) is 6.53. The van der Waals surface area contributed by atoms with Gasteiger partial charge in [0, 0.05) is 17.8 Å². The van der Waals surface area contributed by atoms with Crippen LogP contribution < -0.4 is 5.32 Å². The molecule has 0 spiro atoms. The molecule has 3 heteroatoms. The molecule has 2 rings (SSSR count). The number of hydrogen-bond acceptors (Lipinski definition) is 2. The molecule has 94 valence electrons. The van der Waals surface area contributed by atoms with Gasteiger partial charge in [0.25, 0.3) is 0 Å². The maximum absolute atomic E-state index is 6.06. The highest BCUT2D eigenvalue weighted by atomic mass is 35.5. The van der Waals surface area contributed by atoms with Gasteiger partial charge in [-0.25, -0.2) is 4.98 Å². The lowest BCUT2D eigenvalue weighted by Gasteiger charge is -2.14. The zero-order chi connectivity index (χ0) is 12.8. The number of halogens is 1. The number of aromatic nitrogens is 1. The molecular formula is C15H17ClN2. The zero-order valence-electron chi connectivity index (χ0n) is 10.4. The van der Waals surface area contributed by atoms with Gasteiger partial charge >= 0.3 is 0 Å². The predicted molar refractivity (Wildman–Crippen MR) is 75.8 cm³/mol. The van der Waals surface area contributed by atoms with E-state index in [1.165, 1.54) is 5.56 Å². The first kappa shape index (κ1) is 13.1. The van der Waals surface area contributed by atoms with E-state index in [1.54, 1.807) is 6.20 Å². The quantitative estimate of drug-likeness (QED) is 0.831. The first-order valence-corrected chi connectivity index (χ1v) is 6.53. The molecule has 0 saturated carbocycles. The Morgan fingerprint density at radius 3 is 2.67 bits per heavy atom. The van der Waals surface area contributed by atoms with Crippen molar-refractivity contribution in [2.45, 2.75) is 19.4 Å². The number of hydrogen-bond donors (Lipinski definition) is 1. The van der Waals surface area contributed by atoms with Gasteiger partial charge in [0.1, 0.15) is 5.15 Å². The number of benzene rings is 1. The van der Waals surface area contributed by atoms with Gasteiger partial charge in [-0.05, 0) is 31.5 Å². The van der Waals surface area contributed by atoms with Crippen LogP contribution in [0, 0.1) is 0 Å². The van der Waals surface area contributed by atoms with Crippen molar-refractivity contribution in [1.29, 1.82) is 0 Å². The molecule has 2 aromatic rings. The molecule has 0 fully saturated rings. The average molecular weight is 261 g/mol. The summed E-state index contributed by atoms with van der Waals surface area (Å²) in [6.07, 6.45) is 2.73. The van der Waals surface area contributed by atoms with Crippen LogP contribution in [0.15, 0.2) is 48.7 Å². The fourth-order valence-corrected chi connectivity index (χ4v) is 2.19. The molecule has 0 unspecified atom stereocenters. The van der Waals surface area contributed by atoms with E-state index in [1.807, 2.05) is 18.2 Å². The summed E-state index contributed by atoms with van der Waals surface area (Å²) in [6, 6.07) is 14.6. The van der Waals surface area contributed by atoms with Crippen LogP contribution >= 0.6 is 11.6 Å². The van der Waals surface area contributed by atoms with Crippen LogP contribution in [0.5, 0.6) is 0 Å². The smallest absolute Gasteiger partial charge is 0.133 e. The summed E-state index contributed by atoms with van der Waals surface area (Å²) in [5, 5.41) is 4.04. The van der Waals surface area contributed by atoms with Crippen LogP contribution in [0.3, 0.4) is 0 Å². The van der Waals surface area contributed by atoms with Gasteiger partial charge in [-0.1, -0.05) is 48.0 Å². The molecule has 2 nitrogen and oxygen atoms in total. The summed E-state index contributed by atoms with van der Waals surface area (Å²) in [4.78, 5) is 4.09. The summed E-state index contributed by atoms with van der Waals surface area (Å²) in [5.41, 5.74) is 2.39. The molecule has 0 bridgehead atoms. The Balaban J connectivity index is 1.86. The van der Waals surface area contributed by atoms with E-state index in [2.05, 4.69) is 41.5 Å². The Labute approximate surface area is 113 Å². The Kier molecular flexibility index (Phi) is 4.73. The van der Waals surface area contributed by atoms with Crippen molar-refractivity contribution >= 4 is 11.6 Å². The minimum absolute atomic E-state index is 0.218. The van der Waals surface area contributed by atoms with Crippen molar-refractivity contribution in [2.24, 2.45) is 0 Å². The molecule has 1 atom stereocenters. The zero-order valence-corrected chi connectivity index (χ0v) is 11.2. The number of rotatable bonds is 5. The summed E-state index contributed by atoms with van der Waals surface area (Å²) >= 11 is 6.06. The average Bonchev–Trinajstić information content (AvgIpc) is 2.40. The highest BCUT2D eigenvalue weighted by Gasteiger charge is 2.08. The van der Waals surface area contributed by atoms with E-state index in [4.69, 9.17) is 11.6 Å². The molecule has 0 aliphatic carbocycles. The van der Waals surface area contributed by atoms with Crippen LogP contribution in [0.1, 0.15) is 24.1 Å². The SMILES string of the molecule is C[C@H](NCCc1ccccc1)c1cccnc1Cl. The maximum Gasteiger partial charge on any atom is 0.133 e. The van der Waals surface area contributed by atoms with E-state index in [0.717, 1.165) is 18.5 Å². The van der Waals surface area contributed by atoms with Crippen LogP contribution in [0.25, 0.3) is 0 Å². The second-order valence-corrected chi connectivity index (χ2v) is 4.65. The Morgan fingerprint density at radius 1 is 1.17 bits per heavy atom. The normalized spacial score (nSPS) is 12.3. The molecule has 0 aliphatic heterocycles. The third-order valence-corrected chi connectivity index (χ3v) is 3.28. The fraction of sp³-hybridized carbons (Fsp3) is 0.267. The van der Waals surface area contributed by atoms with Crippen LogP contribution in [0.2, 0.25) is 5.15 Å². The molecule has 1 aromatic carbocycles. The fourth-order valence-electron chi connectivity index (χ4n) is 1.91. The molecule has 1 aromatic heterocycles. The van der Waals surface area contributed by atoms with E-state index in [9.17, 15) is 0 Å². The summed E-state index contributed by atoms with van der Waals surface area (Å²) in [5.74, 6) is 0. The monoisotopic (exact) mass is 260 g/mol. The topological polar surface area (TPSA) is 24.9 Å². The minimum atomic E-state index is 0.218. The third kappa shape index (κ3) is 3.56. The van der Waals surface area contributed by atoms with Gasteiger partial charge in [0.05, 0.1) is 0 Å². The molecule has 0 saturated heterocycles. The van der Waals surface area contributed by atoms with E-state index < -0.39 is 0 Å². The maximum atomic E-state index is 6.06. The van der Waals surface area contributed by atoms with Crippen LogP contribution in [-0.2, 0) is 6.42 Å². The van der Waals surface area contributed by atoms with Crippen LogP contribution in [-0.4, -0.2) is 11.5 Å². The van der Waals surface area contributed by atoms with E-state index >= 15 is 0 Å². The largest absolute Gasteiger partial charge is 0.310 e. The molecule has 1 N–H and O–H groups in total. The second-order valence-electron chi connectivity index (χ2n) is 4.29. The lowest BCUT2D eigenvalue weighted by molar-refractivity contribution is 0.575. The Hall–Kier alpha value is -1.38. The van der Waals surface area contributed by atoms with Crippen molar-refractivity contribution in [1.82, 2.24) is 10.3 Å². The van der Waals surface area contributed by atoms with Crippen molar-refractivity contribution in [3.63, 3.8) is 0 Å².